The highest BCUT2D eigenvalue weighted by atomic mass is 19.1. The molecular formula is C26H28FN5O2. The topological polar surface area (TPSA) is 87.5 Å². The standard InChI is InChI=1S/C26H28FN5O2/c1-31-8-3-9-32(11-10-31)18-5-6-19-22(15-18)30-25-17(14-24(28)33)13-21(29-26(19)25)16-4-7-23(34-2)20(27)12-16/h4-7,12-13,15,30H,3,8-11,14H2,1-2H3,(H2,28,33). The molecule has 1 fully saturated rings. The van der Waals surface area contributed by atoms with E-state index in [0.717, 1.165) is 65.8 Å². The van der Waals surface area contributed by atoms with Crippen molar-refractivity contribution in [2.24, 2.45) is 5.73 Å². The maximum absolute atomic E-state index is 14.4. The zero-order chi connectivity index (χ0) is 23.8. The molecule has 0 unspecified atom stereocenters. The van der Waals surface area contributed by atoms with E-state index in [9.17, 15) is 9.18 Å². The number of halogens is 1. The van der Waals surface area contributed by atoms with E-state index < -0.39 is 11.7 Å². The predicted octanol–water partition coefficient (Wildman–Crippen LogP) is 3.70. The molecule has 0 spiro atoms. The smallest absolute Gasteiger partial charge is 0.221 e. The highest BCUT2D eigenvalue weighted by Gasteiger charge is 2.18. The number of likely N-dealkylation sites (N-methyl/N-ethyl adjacent to an activating group) is 1. The SMILES string of the molecule is COc1ccc(-c2cc(CC(N)=O)c3[nH]c4cc(N5CCCN(C)CC5)ccc4c3n2)cc1F. The molecule has 0 aliphatic carbocycles. The number of carbonyl (C=O) groups excluding carboxylic acids is 1. The number of hydrogen-bond acceptors (Lipinski definition) is 5. The van der Waals surface area contributed by atoms with Gasteiger partial charge in [0, 0.05) is 36.3 Å². The van der Waals surface area contributed by atoms with E-state index in [1.165, 1.54) is 13.2 Å². The van der Waals surface area contributed by atoms with Gasteiger partial charge in [-0.25, -0.2) is 9.37 Å². The summed E-state index contributed by atoms with van der Waals surface area (Å²) in [5.41, 5.74) is 11.1. The van der Waals surface area contributed by atoms with Crippen LogP contribution in [0.3, 0.4) is 0 Å². The van der Waals surface area contributed by atoms with Crippen LogP contribution in [-0.4, -0.2) is 61.1 Å². The Morgan fingerprint density at radius 1 is 1.15 bits per heavy atom. The van der Waals surface area contributed by atoms with Gasteiger partial charge in [0.25, 0.3) is 0 Å². The third-order valence-electron chi connectivity index (χ3n) is 6.52. The van der Waals surface area contributed by atoms with Crippen molar-refractivity contribution in [1.82, 2.24) is 14.9 Å². The summed E-state index contributed by atoms with van der Waals surface area (Å²) in [5.74, 6) is -0.737. The maximum atomic E-state index is 14.4. The van der Waals surface area contributed by atoms with E-state index in [4.69, 9.17) is 15.5 Å². The number of methoxy groups -OCH3 is 1. The first kappa shape index (κ1) is 22.2. The molecule has 0 atom stereocenters. The number of nitrogens with two attached hydrogens (primary N) is 1. The number of aromatic nitrogens is 2. The van der Waals surface area contributed by atoms with Gasteiger partial charge in [0.15, 0.2) is 11.6 Å². The number of H-pyrrole nitrogens is 1. The van der Waals surface area contributed by atoms with E-state index in [0.29, 0.717) is 11.3 Å². The Hall–Kier alpha value is -3.65. The number of benzene rings is 2. The lowest BCUT2D eigenvalue weighted by molar-refractivity contribution is -0.117. The molecule has 1 saturated heterocycles. The van der Waals surface area contributed by atoms with Gasteiger partial charge in [0.05, 0.1) is 35.8 Å². The van der Waals surface area contributed by atoms with Crippen molar-refractivity contribution in [2.75, 3.05) is 45.2 Å². The van der Waals surface area contributed by atoms with E-state index >= 15 is 0 Å². The van der Waals surface area contributed by atoms with Crippen molar-refractivity contribution in [1.29, 1.82) is 0 Å². The molecule has 0 saturated carbocycles. The Morgan fingerprint density at radius 3 is 2.76 bits per heavy atom. The summed E-state index contributed by atoms with van der Waals surface area (Å²) >= 11 is 0. The molecule has 5 rings (SSSR count). The van der Waals surface area contributed by atoms with Crippen LogP contribution in [0.4, 0.5) is 10.1 Å². The molecule has 2 aromatic heterocycles. The van der Waals surface area contributed by atoms with Crippen LogP contribution in [0.1, 0.15) is 12.0 Å². The monoisotopic (exact) mass is 461 g/mol. The van der Waals surface area contributed by atoms with Crippen LogP contribution in [0, 0.1) is 5.82 Å². The first-order valence-corrected chi connectivity index (χ1v) is 11.4. The van der Waals surface area contributed by atoms with Crippen LogP contribution < -0.4 is 15.4 Å². The number of ether oxygens (including phenoxy) is 1. The molecule has 1 aliphatic heterocycles. The van der Waals surface area contributed by atoms with Crippen LogP contribution >= 0.6 is 0 Å². The van der Waals surface area contributed by atoms with Gasteiger partial charge in [-0.15, -0.1) is 0 Å². The highest BCUT2D eigenvalue weighted by Crippen LogP contribution is 2.33. The number of pyridine rings is 1. The van der Waals surface area contributed by atoms with Crippen LogP contribution in [-0.2, 0) is 11.2 Å². The first-order valence-electron chi connectivity index (χ1n) is 11.4. The second kappa shape index (κ2) is 8.95. The number of anilines is 1. The lowest BCUT2D eigenvalue weighted by Gasteiger charge is -2.22. The molecule has 1 aliphatic rings. The molecule has 4 aromatic rings. The summed E-state index contributed by atoms with van der Waals surface area (Å²) in [6, 6.07) is 12.9. The fraction of sp³-hybridized carbons (Fsp3) is 0.308. The predicted molar refractivity (Wildman–Crippen MR) is 133 cm³/mol. The fourth-order valence-corrected chi connectivity index (χ4v) is 4.71. The zero-order valence-corrected chi connectivity index (χ0v) is 19.4. The van der Waals surface area contributed by atoms with E-state index in [2.05, 4.69) is 40.0 Å². The molecule has 1 amide bonds. The Bertz CT molecular complexity index is 1380. The number of aromatic amines is 1. The average Bonchev–Trinajstić information content (AvgIpc) is 3.04. The molecule has 2 aromatic carbocycles. The van der Waals surface area contributed by atoms with Crippen molar-refractivity contribution in [3.05, 3.63) is 53.8 Å². The maximum Gasteiger partial charge on any atom is 0.221 e. The molecule has 176 valence electrons. The summed E-state index contributed by atoms with van der Waals surface area (Å²) in [5, 5.41) is 0.951. The second-order valence-electron chi connectivity index (χ2n) is 8.88. The lowest BCUT2D eigenvalue weighted by Crippen LogP contribution is -2.28. The van der Waals surface area contributed by atoms with Crippen molar-refractivity contribution >= 4 is 33.5 Å². The minimum absolute atomic E-state index is 0.0583. The second-order valence-corrected chi connectivity index (χ2v) is 8.88. The number of amides is 1. The first-order chi connectivity index (χ1) is 16.4. The molecular weight excluding hydrogens is 433 g/mol. The van der Waals surface area contributed by atoms with Crippen molar-refractivity contribution in [3.63, 3.8) is 0 Å². The summed E-state index contributed by atoms with van der Waals surface area (Å²) in [6.07, 6.45) is 1.18. The number of carbonyl (C=O) groups is 1. The van der Waals surface area contributed by atoms with Crippen molar-refractivity contribution < 1.29 is 13.9 Å². The van der Waals surface area contributed by atoms with Gasteiger partial charge in [-0.3, -0.25) is 4.79 Å². The third-order valence-corrected chi connectivity index (χ3v) is 6.52. The summed E-state index contributed by atoms with van der Waals surface area (Å²) in [4.78, 5) is 24.9. The van der Waals surface area contributed by atoms with Gasteiger partial charge in [0.2, 0.25) is 5.91 Å². The van der Waals surface area contributed by atoms with Gasteiger partial charge in [-0.05, 0) is 68.0 Å². The quantitative estimate of drug-likeness (QED) is 0.473. The zero-order valence-electron chi connectivity index (χ0n) is 19.4. The normalized spacial score (nSPS) is 15.1. The largest absolute Gasteiger partial charge is 0.494 e. The number of rotatable bonds is 5. The molecule has 3 N–H and O–H groups in total. The van der Waals surface area contributed by atoms with Gasteiger partial charge in [0.1, 0.15) is 0 Å². The van der Waals surface area contributed by atoms with Crippen molar-refractivity contribution in [2.45, 2.75) is 12.8 Å². The van der Waals surface area contributed by atoms with E-state index in [1.54, 1.807) is 18.2 Å². The van der Waals surface area contributed by atoms with Gasteiger partial charge in [-0.2, -0.15) is 0 Å². The number of hydrogen-bond donors (Lipinski definition) is 2. The lowest BCUT2D eigenvalue weighted by atomic mass is 10.0. The average molecular weight is 462 g/mol. The van der Waals surface area contributed by atoms with Gasteiger partial charge < -0.3 is 25.3 Å². The van der Waals surface area contributed by atoms with Gasteiger partial charge in [-0.1, -0.05) is 0 Å². The van der Waals surface area contributed by atoms with Crippen LogP contribution in [0.15, 0.2) is 42.5 Å². The Morgan fingerprint density at radius 2 is 2.00 bits per heavy atom. The minimum atomic E-state index is -0.468. The Kier molecular flexibility index (Phi) is 5.83. The number of fused-ring (bicyclic) bond motifs is 3. The number of nitrogens with one attached hydrogen (secondary N) is 1. The summed E-state index contributed by atoms with van der Waals surface area (Å²) < 4.78 is 19.4. The number of primary amides is 1. The van der Waals surface area contributed by atoms with E-state index in [1.807, 2.05) is 0 Å². The van der Waals surface area contributed by atoms with Crippen molar-refractivity contribution in [3.8, 4) is 17.0 Å². The van der Waals surface area contributed by atoms with Crippen LogP contribution in [0.5, 0.6) is 5.75 Å². The minimum Gasteiger partial charge on any atom is -0.494 e. The third kappa shape index (κ3) is 4.17. The summed E-state index contributed by atoms with van der Waals surface area (Å²) in [6.45, 7) is 4.10. The Balaban J connectivity index is 1.63. The Labute approximate surface area is 197 Å². The van der Waals surface area contributed by atoms with Crippen LogP contribution in [0.2, 0.25) is 0 Å². The fourth-order valence-electron chi connectivity index (χ4n) is 4.71. The summed E-state index contributed by atoms with van der Waals surface area (Å²) in [7, 11) is 3.58. The van der Waals surface area contributed by atoms with Crippen LogP contribution in [0.25, 0.3) is 33.2 Å². The molecule has 34 heavy (non-hydrogen) atoms. The van der Waals surface area contributed by atoms with E-state index in [-0.39, 0.29) is 12.2 Å². The number of nitrogens with zero attached hydrogens (tertiary/aromatic N) is 3. The highest BCUT2D eigenvalue weighted by molar-refractivity contribution is 6.08. The molecule has 3 heterocycles. The van der Waals surface area contributed by atoms with Gasteiger partial charge >= 0.3 is 0 Å². The molecule has 8 heteroatoms. The molecule has 0 bridgehead atoms. The molecule has 7 nitrogen and oxygen atoms in total. The molecule has 0 radical (unpaired) electrons.